The molecule has 0 aliphatic heterocycles. The van der Waals surface area contributed by atoms with Crippen molar-refractivity contribution >= 4 is 16.7 Å². The molecule has 4 rings (SSSR count). The normalized spacial score (nSPS) is 11.8. The largest absolute Gasteiger partial charge is 0.497 e. The molecular formula is C23H18FN3O3. The first-order valence-electron chi connectivity index (χ1n) is 9.24. The summed E-state index contributed by atoms with van der Waals surface area (Å²) in [5.41, 5.74) is 1.21. The third kappa shape index (κ3) is 3.77. The van der Waals surface area contributed by atoms with Crippen LogP contribution in [-0.4, -0.2) is 23.2 Å². The maximum Gasteiger partial charge on any atom is 0.273 e. The first-order chi connectivity index (χ1) is 14.6. The Morgan fingerprint density at radius 1 is 0.967 bits per heavy atom. The van der Waals surface area contributed by atoms with Crippen molar-refractivity contribution < 1.29 is 13.9 Å². The van der Waals surface area contributed by atoms with Gasteiger partial charge in [-0.15, -0.1) is 0 Å². The van der Waals surface area contributed by atoms with E-state index in [-0.39, 0.29) is 17.1 Å². The molecule has 1 heterocycles. The van der Waals surface area contributed by atoms with E-state index >= 15 is 0 Å². The van der Waals surface area contributed by atoms with E-state index in [0.717, 1.165) is 5.56 Å². The lowest BCUT2D eigenvalue weighted by Gasteiger charge is -2.20. The van der Waals surface area contributed by atoms with Crippen LogP contribution in [0.5, 0.6) is 5.75 Å². The van der Waals surface area contributed by atoms with Crippen molar-refractivity contribution in [1.29, 1.82) is 0 Å². The number of benzene rings is 3. The van der Waals surface area contributed by atoms with E-state index in [1.54, 1.807) is 55.6 Å². The number of aromatic amines is 1. The number of hydrogen-bond donors (Lipinski definition) is 2. The molecule has 150 valence electrons. The van der Waals surface area contributed by atoms with Gasteiger partial charge in [0.25, 0.3) is 11.5 Å². The fraction of sp³-hybridized carbons (Fsp3) is 0.0870. The van der Waals surface area contributed by atoms with Crippen LogP contribution in [0.15, 0.2) is 77.6 Å². The third-order valence-electron chi connectivity index (χ3n) is 4.84. The summed E-state index contributed by atoms with van der Waals surface area (Å²) >= 11 is 0. The van der Waals surface area contributed by atoms with Crippen molar-refractivity contribution in [1.82, 2.24) is 15.5 Å². The summed E-state index contributed by atoms with van der Waals surface area (Å²) in [5, 5.41) is 10.1. The van der Waals surface area contributed by atoms with Gasteiger partial charge in [0, 0.05) is 5.39 Å². The molecule has 3 aromatic carbocycles. The number of carbonyl (C=O) groups is 1. The number of H-pyrrole nitrogens is 1. The molecule has 0 saturated heterocycles. The zero-order valence-corrected chi connectivity index (χ0v) is 16.1. The van der Waals surface area contributed by atoms with Gasteiger partial charge < -0.3 is 10.1 Å². The number of amides is 1. The van der Waals surface area contributed by atoms with Gasteiger partial charge in [-0.05, 0) is 41.5 Å². The fourth-order valence-corrected chi connectivity index (χ4v) is 3.30. The van der Waals surface area contributed by atoms with Crippen molar-refractivity contribution in [2.75, 3.05) is 7.11 Å². The van der Waals surface area contributed by atoms with Crippen molar-refractivity contribution in [3.63, 3.8) is 0 Å². The molecule has 6 nitrogen and oxygen atoms in total. The second-order valence-electron chi connectivity index (χ2n) is 6.68. The summed E-state index contributed by atoms with van der Waals surface area (Å²) in [6.45, 7) is 0. The van der Waals surface area contributed by atoms with E-state index in [0.29, 0.717) is 22.1 Å². The van der Waals surface area contributed by atoms with Gasteiger partial charge in [-0.1, -0.05) is 42.5 Å². The Labute approximate surface area is 171 Å². The third-order valence-corrected chi connectivity index (χ3v) is 4.84. The molecule has 0 aliphatic rings. The molecule has 0 saturated carbocycles. The minimum absolute atomic E-state index is 0.103. The minimum Gasteiger partial charge on any atom is -0.497 e. The molecule has 0 bridgehead atoms. The molecule has 0 fully saturated rings. The second kappa shape index (κ2) is 8.16. The van der Waals surface area contributed by atoms with Gasteiger partial charge in [-0.25, -0.2) is 9.49 Å². The summed E-state index contributed by atoms with van der Waals surface area (Å²) in [4.78, 5) is 25.1. The molecule has 4 aromatic rings. The SMILES string of the molecule is COc1ccc(C(NC(=O)c2n[nH]c(=O)c3ccccc23)c2ccc(F)cc2)cc1. The van der Waals surface area contributed by atoms with E-state index in [9.17, 15) is 14.0 Å². The standard InChI is InChI=1S/C23H18FN3O3/c1-30-17-12-8-15(9-13-17)20(14-6-10-16(24)11-7-14)25-23(29)21-18-4-2-3-5-19(18)22(28)27-26-21/h2-13,20H,1H3,(H,25,29)(H,27,28). The van der Waals surface area contributed by atoms with Crippen molar-refractivity contribution in [3.05, 3.63) is 106 Å². The van der Waals surface area contributed by atoms with Crippen LogP contribution >= 0.6 is 0 Å². The fourth-order valence-electron chi connectivity index (χ4n) is 3.30. The van der Waals surface area contributed by atoms with Gasteiger partial charge in [0.1, 0.15) is 11.6 Å². The first-order valence-corrected chi connectivity index (χ1v) is 9.24. The number of halogens is 1. The number of hydrogen-bond acceptors (Lipinski definition) is 4. The molecule has 30 heavy (non-hydrogen) atoms. The lowest BCUT2D eigenvalue weighted by Crippen LogP contribution is -2.31. The summed E-state index contributed by atoms with van der Waals surface area (Å²) in [7, 11) is 1.57. The Morgan fingerprint density at radius 3 is 2.20 bits per heavy atom. The average Bonchev–Trinajstić information content (AvgIpc) is 2.78. The number of methoxy groups -OCH3 is 1. The molecule has 0 spiro atoms. The topological polar surface area (TPSA) is 84.1 Å². The molecule has 0 radical (unpaired) electrons. The van der Waals surface area contributed by atoms with Crippen LogP contribution in [0.4, 0.5) is 4.39 Å². The summed E-state index contributed by atoms with van der Waals surface area (Å²) in [5.74, 6) is -0.157. The maximum atomic E-state index is 13.4. The quantitative estimate of drug-likeness (QED) is 0.533. The molecule has 2 N–H and O–H groups in total. The molecule has 7 heteroatoms. The lowest BCUT2D eigenvalue weighted by atomic mass is 9.98. The highest BCUT2D eigenvalue weighted by Gasteiger charge is 2.21. The molecule has 1 unspecified atom stereocenters. The molecule has 1 atom stereocenters. The van der Waals surface area contributed by atoms with Gasteiger partial charge in [0.05, 0.1) is 18.5 Å². The van der Waals surface area contributed by atoms with E-state index in [1.807, 2.05) is 12.1 Å². The Kier molecular flexibility index (Phi) is 5.26. The molecular weight excluding hydrogens is 385 g/mol. The Hall–Kier alpha value is -4.00. The summed E-state index contributed by atoms with van der Waals surface area (Å²) in [6, 6.07) is 19.3. The van der Waals surface area contributed by atoms with Crippen LogP contribution in [0, 0.1) is 5.82 Å². The Morgan fingerprint density at radius 2 is 1.57 bits per heavy atom. The highest BCUT2D eigenvalue weighted by molar-refractivity contribution is 6.05. The van der Waals surface area contributed by atoms with E-state index in [1.165, 1.54) is 12.1 Å². The number of aromatic nitrogens is 2. The van der Waals surface area contributed by atoms with Crippen molar-refractivity contribution in [2.45, 2.75) is 6.04 Å². The Balaban J connectivity index is 1.75. The van der Waals surface area contributed by atoms with Crippen LogP contribution in [0.25, 0.3) is 10.8 Å². The van der Waals surface area contributed by atoms with Crippen molar-refractivity contribution in [2.24, 2.45) is 0 Å². The lowest BCUT2D eigenvalue weighted by molar-refractivity contribution is 0.0938. The number of carbonyl (C=O) groups excluding carboxylic acids is 1. The number of ether oxygens (including phenoxy) is 1. The monoisotopic (exact) mass is 403 g/mol. The predicted molar refractivity (Wildman–Crippen MR) is 111 cm³/mol. The number of nitrogens with zero attached hydrogens (tertiary/aromatic N) is 1. The van der Waals surface area contributed by atoms with E-state index in [2.05, 4.69) is 15.5 Å². The average molecular weight is 403 g/mol. The van der Waals surface area contributed by atoms with Crippen LogP contribution in [0.1, 0.15) is 27.7 Å². The van der Waals surface area contributed by atoms with Gasteiger partial charge in [0.2, 0.25) is 0 Å². The Bertz CT molecular complexity index is 1250. The maximum absolute atomic E-state index is 13.4. The second-order valence-corrected chi connectivity index (χ2v) is 6.68. The number of fused-ring (bicyclic) bond motifs is 1. The highest BCUT2D eigenvalue weighted by atomic mass is 19.1. The van der Waals surface area contributed by atoms with Crippen LogP contribution < -0.4 is 15.6 Å². The smallest absolute Gasteiger partial charge is 0.273 e. The minimum atomic E-state index is -0.559. The van der Waals surface area contributed by atoms with Crippen molar-refractivity contribution in [3.8, 4) is 5.75 Å². The molecule has 1 amide bonds. The van der Waals surface area contributed by atoms with Gasteiger partial charge in [-0.2, -0.15) is 5.10 Å². The molecule has 0 aliphatic carbocycles. The van der Waals surface area contributed by atoms with Gasteiger partial charge in [0.15, 0.2) is 5.69 Å². The van der Waals surface area contributed by atoms with E-state index in [4.69, 9.17) is 4.74 Å². The predicted octanol–water partition coefficient (Wildman–Crippen LogP) is 3.59. The van der Waals surface area contributed by atoms with Gasteiger partial charge >= 0.3 is 0 Å². The summed E-state index contributed by atoms with van der Waals surface area (Å²) < 4.78 is 18.6. The molecule has 1 aromatic heterocycles. The number of rotatable bonds is 5. The highest BCUT2D eigenvalue weighted by Crippen LogP contribution is 2.25. The van der Waals surface area contributed by atoms with Crippen LogP contribution in [0.2, 0.25) is 0 Å². The van der Waals surface area contributed by atoms with Crippen LogP contribution in [0.3, 0.4) is 0 Å². The van der Waals surface area contributed by atoms with Crippen LogP contribution in [-0.2, 0) is 0 Å². The first kappa shape index (κ1) is 19.3. The van der Waals surface area contributed by atoms with E-state index < -0.39 is 11.9 Å². The van der Waals surface area contributed by atoms with Gasteiger partial charge in [-0.3, -0.25) is 9.59 Å². The zero-order chi connectivity index (χ0) is 21.1. The summed E-state index contributed by atoms with van der Waals surface area (Å²) in [6.07, 6.45) is 0. The number of nitrogens with one attached hydrogen (secondary N) is 2. The zero-order valence-electron chi connectivity index (χ0n) is 16.1.